The third kappa shape index (κ3) is 3.29. The second-order valence-electron chi connectivity index (χ2n) is 9.70. The fraction of sp³-hybridized carbons (Fsp3) is 0.258. The average Bonchev–Trinajstić information content (AvgIpc) is 3.19. The molecule has 0 saturated carbocycles. The van der Waals surface area contributed by atoms with Crippen molar-refractivity contribution >= 4 is 23.5 Å². The van der Waals surface area contributed by atoms with Gasteiger partial charge in [0.25, 0.3) is 0 Å². The first kappa shape index (κ1) is 23.9. The van der Waals surface area contributed by atoms with Crippen LogP contribution in [-0.4, -0.2) is 16.7 Å². The second-order valence-corrected chi connectivity index (χ2v) is 9.97. The number of alkyl halides is 1. The molecule has 3 unspecified atom stereocenters. The lowest BCUT2D eigenvalue weighted by molar-refractivity contribution is 0.0874. The van der Waals surface area contributed by atoms with Crippen molar-refractivity contribution in [2.45, 2.75) is 44.7 Å². The Kier molecular flexibility index (Phi) is 5.95. The SMILES string of the molecule is Cc1cc(C)c(C2C(C(=O)c3ccccc3)N3C=Cc4ccccc4C3C2(C#N)C#N)c(C)c1CCl. The molecule has 5 heteroatoms. The minimum absolute atomic E-state index is 0.103. The van der Waals surface area contributed by atoms with Crippen LogP contribution in [-0.2, 0) is 5.88 Å². The van der Waals surface area contributed by atoms with Gasteiger partial charge in [-0.25, -0.2) is 0 Å². The molecule has 0 bridgehead atoms. The molecular formula is C31H26ClN3O. The van der Waals surface area contributed by atoms with Gasteiger partial charge in [0.1, 0.15) is 6.04 Å². The summed E-state index contributed by atoms with van der Waals surface area (Å²) < 4.78 is 0. The van der Waals surface area contributed by atoms with Crippen molar-refractivity contribution in [3.8, 4) is 12.1 Å². The first-order valence-corrected chi connectivity index (χ1v) is 12.5. The number of fused-ring (bicyclic) bond motifs is 3. The summed E-state index contributed by atoms with van der Waals surface area (Å²) in [5.74, 6) is -0.464. The van der Waals surface area contributed by atoms with Crippen molar-refractivity contribution in [1.82, 2.24) is 4.90 Å². The number of carbonyl (C=O) groups excluding carboxylic acids is 1. The standard InChI is InChI=1S/C31H26ClN3O/c1-19-15-20(2)26(21(3)25(19)16-32)27-28(29(36)23-10-5-4-6-11-23)35-14-13-22-9-7-8-12-24(22)30(35)31(27,17-33)18-34/h4-15,27-28,30H,16H2,1-3H3. The van der Waals surface area contributed by atoms with Gasteiger partial charge in [0.2, 0.25) is 0 Å². The Labute approximate surface area is 217 Å². The molecule has 1 saturated heterocycles. The lowest BCUT2D eigenvalue weighted by Crippen LogP contribution is -2.38. The zero-order valence-corrected chi connectivity index (χ0v) is 21.3. The summed E-state index contributed by atoms with van der Waals surface area (Å²) in [7, 11) is 0. The van der Waals surface area contributed by atoms with E-state index in [1.165, 1.54) is 0 Å². The lowest BCUT2D eigenvalue weighted by atomic mass is 9.65. The van der Waals surface area contributed by atoms with Crippen molar-refractivity contribution in [3.63, 3.8) is 0 Å². The van der Waals surface area contributed by atoms with E-state index in [4.69, 9.17) is 11.6 Å². The third-order valence-electron chi connectivity index (χ3n) is 7.91. The molecule has 2 heterocycles. The van der Waals surface area contributed by atoms with Gasteiger partial charge in [-0.15, -0.1) is 11.6 Å². The van der Waals surface area contributed by atoms with Gasteiger partial charge in [-0.3, -0.25) is 4.79 Å². The first-order chi connectivity index (χ1) is 17.4. The minimum atomic E-state index is -1.50. The van der Waals surface area contributed by atoms with Gasteiger partial charge in [-0.1, -0.05) is 60.7 Å². The summed E-state index contributed by atoms with van der Waals surface area (Å²) in [5.41, 5.74) is 5.73. The number of aryl methyl sites for hydroxylation is 2. The molecule has 3 aromatic rings. The number of halogens is 1. The molecule has 0 radical (unpaired) electrons. The van der Waals surface area contributed by atoms with Gasteiger partial charge in [-0.2, -0.15) is 10.5 Å². The number of hydrogen-bond donors (Lipinski definition) is 0. The fourth-order valence-corrected chi connectivity index (χ4v) is 6.72. The van der Waals surface area contributed by atoms with Crippen LogP contribution in [0.5, 0.6) is 0 Å². The van der Waals surface area contributed by atoms with Crippen LogP contribution in [0.25, 0.3) is 6.08 Å². The first-order valence-electron chi connectivity index (χ1n) is 12.0. The molecule has 5 rings (SSSR count). The quantitative estimate of drug-likeness (QED) is 0.298. The topological polar surface area (TPSA) is 67.9 Å². The molecule has 0 aromatic heterocycles. The largest absolute Gasteiger partial charge is 0.357 e. The van der Waals surface area contributed by atoms with E-state index in [1.807, 2.05) is 80.4 Å². The van der Waals surface area contributed by atoms with Gasteiger partial charge in [0.15, 0.2) is 11.2 Å². The van der Waals surface area contributed by atoms with Crippen molar-refractivity contribution in [1.29, 1.82) is 10.5 Å². The van der Waals surface area contributed by atoms with Crippen LogP contribution in [0.2, 0.25) is 0 Å². The monoisotopic (exact) mass is 491 g/mol. The Morgan fingerprint density at radius 1 is 1.00 bits per heavy atom. The minimum Gasteiger partial charge on any atom is -0.357 e. The Hall–Kier alpha value is -3.86. The van der Waals surface area contributed by atoms with Gasteiger partial charge in [-0.05, 0) is 65.8 Å². The van der Waals surface area contributed by atoms with Crippen LogP contribution in [0.3, 0.4) is 0 Å². The Morgan fingerprint density at radius 2 is 1.67 bits per heavy atom. The summed E-state index contributed by atoms with van der Waals surface area (Å²) in [6.45, 7) is 6.02. The summed E-state index contributed by atoms with van der Waals surface area (Å²) in [5, 5.41) is 21.6. The Balaban J connectivity index is 1.85. The molecule has 3 aromatic carbocycles. The van der Waals surface area contributed by atoms with Crippen LogP contribution in [0, 0.1) is 48.8 Å². The molecule has 0 spiro atoms. The van der Waals surface area contributed by atoms with E-state index < -0.39 is 23.4 Å². The Morgan fingerprint density at radius 3 is 2.33 bits per heavy atom. The molecule has 0 amide bonds. The highest BCUT2D eigenvalue weighted by Gasteiger charge is 2.64. The van der Waals surface area contributed by atoms with Crippen LogP contribution in [0.15, 0.2) is 66.9 Å². The number of hydrogen-bond acceptors (Lipinski definition) is 4. The maximum Gasteiger partial charge on any atom is 0.185 e. The van der Waals surface area contributed by atoms with E-state index in [0.717, 1.165) is 38.9 Å². The summed E-state index contributed by atoms with van der Waals surface area (Å²) in [6.07, 6.45) is 3.86. The highest BCUT2D eigenvalue weighted by Crippen LogP contribution is 2.61. The van der Waals surface area contributed by atoms with Crippen molar-refractivity contribution < 1.29 is 4.79 Å². The van der Waals surface area contributed by atoms with Crippen molar-refractivity contribution in [2.24, 2.45) is 5.41 Å². The molecule has 3 atom stereocenters. The van der Waals surface area contributed by atoms with Crippen LogP contribution in [0.1, 0.15) is 61.3 Å². The molecule has 36 heavy (non-hydrogen) atoms. The van der Waals surface area contributed by atoms with E-state index in [2.05, 4.69) is 18.2 Å². The van der Waals surface area contributed by atoms with Crippen LogP contribution >= 0.6 is 11.6 Å². The zero-order valence-electron chi connectivity index (χ0n) is 20.5. The average molecular weight is 492 g/mol. The number of benzene rings is 3. The van der Waals surface area contributed by atoms with Crippen molar-refractivity contribution in [2.75, 3.05) is 0 Å². The number of rotatable bonds is 4. The summed E-state index contributed by atoms with van der Waals surface area (Å²) >= 11 is 6.37. The second kappa shape index (κ2) is 8.98. The van der Waals surface area contributed by atoms with Crippen LogP contribution < -0.4 is 0 Å². The molecule has 4 nitrogen and oxygen atoms in total. The highest BCUT2D eigenvalue weighted by atomic mass is 35.5. The van der Waals surface area contributed by atoms with Gasteiger partial charge < -0.3 is 4.90 Å². The van der Waals surface area contributed by atoms with E-state index in [0.29, 0.717) is 11.4 Å². The normalized spacial score (nSPS) is 21.3. The molecule has 2 aliphatic rings. The molecule has 2 aliphatic heterocycles. The number of carbonyl (C=O) groups is 1. The van der Waals surface area contributed by atoms with Gasteiger partial charge in [0, 0.05) is 23.6 Å². The smallest absolute Gasteiger partial charge is 0.185 e. The van der Waals surface area contributed by atoms with Crippen LogP contribution in [0.4, 0.5) is 0 Å². The number of ketones is 1. The number of nitrogens with zero attached hydrogens (tertiary/aromatic N) is 3. The Bertz CT molecular complexity index is 1460. The summed E-state index contributed by atoms with van der Waals surface area (Å²) in [4.78, 5) is 16.2. The summed E-state index contributed by atoms with van der Waals surface area (Å²) in [6, 6.07) is 22.6. The zero-order chi connectivity index (χ0) is 25.6. The molecule has 0 aliphatic carbocycles. The fourth-order valence-electron chi connectivity index (χ4n) is 6.31. The van der Waals surface area contributed by atoms with E-state index in [9.17, 15) is 15.3 Å². The lowest BCUT2D eigenvalue weighted by Gasteiger charge is -2.34. The molecule has 178 valence electrons. The predicted octanol–water partition coefficient (Wildman–Crippen LogP) is 6.76. The van der Waals surface area contributed by atoms with E-state index in [-0.39, 0.29) is 5.78 Å². The number of Topliss-reactive ketones (excluding diaryl/α,β-unsaturated/α-hetero) is 1. The maximum absolute atomic E-state index is 14.2. The molecular weight excluding hydrogens is 466 g/mol. The maximum atomic E-state index is 14.2. The van der Waals surface area contributed by atoms with Gasteiger partial charge in [0.05, 0.1) is 18.2 Å². The predicted molar refractivity (Wildman–Crippen MR) is 141 cm³/mol. The van der Waals surface area contributed by atoms with E-state index >= 15 is 0 Å². The van der Waals surface area contributed by atoms with E-state index in [1.54, 1.807) is 12.1 Å². The van der Waals surface area contributed by atoms with Gasteiger partial charge >= 0.3 is 0 Å². The van der Waals surface area contributed by atoms with Crippen molar-refractivity contribution in [3.05, 3.63) is 111 Å². The highest BCUT2D eigenvalue weighted by molar-refractivity contribution is 6.17. The number of nitriles is 2. The molecule has 1 fully saturated rings. The molecule has 0 N–H and O–H groups in total. The third-order valence-corrected chi connectivity index (χ3v) is 8.17.